The highest BCUT2D eigenvalue weighted by Crippen LogP contribution is 2.19. The third-order valence-corrected chi connectivity index (χ3v) is 7.06. The number of sulfonamides is 1. The number of hydrogen-bond donors (Lipinski definition) is 1. The van der Waals surface area contributed by atoms with Gasteiger partial charge in [0.2, 0.25) is 15.9 Å². The van der Waals surface area contributed by atoms with E-state index in [9.17, 15) is 13.2 Å². The van der Waals surface area contributed by atoms with Crippen LogP contribution in [-0.4, -0.2) is 75.7 Å². The van der Waals surface area contributed by atoms with Gasteiger partial charge >= 0.3 is 0 Å². The monoisotopic (exact) mass is 381 g/mol. The highest BCUT2D eigenvalue weighted by Gasteiger charge is 2.34. The van der Waals surface area contributed by atoms with Crippen LogP contribution in [0.5, 0.6) is 0 Å². The number of hydrogen-bond acceptors (Lipinski definition) is 5. The van der Waals surface area contributed by atoms with Crippen LogP contribution in [0.25, 0.3) is 0 Å². The Labute approximate surface area is 155 Å². The average molecular weight is 381 g/mol. The molecule has 2 heterocycles. The van der Waals surface area contributed by atoms with Crippen LogP contribution in [0.4, 0.5) is 0 Å². The van der Waals surface area contributed by atoms with E-state index < -0.39 is 10.0 Å². The first-order chi connectivity index (χ1) is 12.3. The van der Waals surface area contributed by atoms with Crippen molar-refractivity contribution in [2.75, 3.05) is 46.2 Å². The minimum atomic E-state index is -3.32. The van der Waals surface area contributed by atoms with Crippen molar-refractivity contribution in [2.24, 2.45) is 5.92 Å². The third-order valence-electron chi connectivity index (χ3n) is 5.10. The van der Waals surface area contributed by atoms with Crippen LogP contribution in [0.15, 0.2) is 24.3 Å². The van der Waals surface area contributed by atoms with Gasteiger partial charge in [0.1, 0.15) is 0 Å². The van der Waals surface area contributed by atoms with Crippen molar-refractivity contribution in [3.63, 3.8) is 0 Å². The molecule has 0 aliphatic carbocycles. The van der Waals surface area contributed by atoms with Crippen LogP contribution in [0.3, 0.4) is 0 Å². The first-order valence-corrected chi connectivity index (χ1v) is 10.5. The van der Waals surface area contributed by atoms with Crippen molar-refractivity contribution in [1.29, 1.82) is 0 Å². The lowest BCUT2D eigenvalue weighted by atomic mass is 10.00. The molecule has 26 heavy (non-hydrogen) atoms. The quantitative estimate of drug-likeness (QED) is 0.754. The summed E-state index contributed by atoms with van der Waals surface area (Å²) >= 11 is 0. The summed E-state index contributed by atoms with van der Waals surface area (Å²) in [6.07, 6.45) is 0.944. The summed E-state index contributed by atoms with van der Waals surface area (Å²) in [6, 6.07) is 8.05. The van der Waals surface area contributed by atoms with Crippen molar-refractivity contribution in [1.82, 2.24) is 14.5 Å². The normalized spacial score (nSPS) is 23.8. The van der Waals surface area contributed by atoms with Gasteiger partial charge in [0, 0.05) is 33.1 Å². The molecular formula is C18H27N3O4S. The molecule has 2 atom stereocenters. The number of fused-ring (bicyclic) bond motifs is 1. The Kier molecular flexibility index (Phi) is 5.96. The van der Waals surface area contributed by atoms with Crippen LogP contribution >= 0.6 is 0 Å². The van der Waals surface area contributed by atoms with Gasteiger partial charge in [-0.3, -0.25) is 9.69 Å². The Bertz CT molecular complexity index is 751. The number of amides is 1. The van der Waals surface area contributed by atoms with Crippen molar-refractivity contribution in [3.05, 3.63) is 35.4 Å². The van der Waals surface area contributed by atoms with E-state index in [1.165, 1.54) is 29.5 Å². The minimum Gasteiger partial charge on any atom is -0.379 e. The highest BCUT2D eigenvalue weighted by atomic mass is 32.2. The number of carbonyl (C=O) groups is 1. The molecule has 0 spiro atoms. The second-order valence-corrected chi connectivity index (χ2v) is 9.49. The number of rotatable bonds is 6. The Hall–Kier alpha value is -1.48. The van der Waals surface area contributed by atoms with E-state index >= 15 is 0 Å². The van der Waals surface area contributed by atoms with Gasteiger partial charge < -0.3 is 10.1 Å². The van der Waals surface area contributed by atoms with Gasteiger partial charge in [0.15, 0.2) is 0 Å². The maximum absolute atomic E-state index is 12.5. The molecule has 1 aromatic rings. The molecule has 2 aliphatic heterocycles. The largest absolute Gasteiger partial charge is 0.379 e. The van der Waals surface area contributed by atoms with Crippen LogP contribution in [0.2, 0.25) is 0 Å². The fraction of sp³-hybridized carbons (Fsp3) is 0.611. The van der Waals surface area contributed by atoms with Gasteiger partial charge in [-0.1, -0.05) is 24.3 Å². The van der Waals surface area contributed by atoms with Crippen LogP contribution in [-0.2, 0) is 32.5 Å². The number of ether oxygens (including phenoxy) is 1. The summed E-state index contributed by atoms with van der Waals surface area (Å²) in [5, 5.41) is 2.97. The number of nitrogens with one attached hydrogen (secondary N) is 1. The summed E-state index contributed by atoms with van der Waals surface area (Å²) < 4.78 is 30.8. The average Bonchev–Trinajstić information content (AvgIpc) is 3.00. The smallest absolute Gasteiger partial charge is 0.234 e. The maximum atomic E-state index is 12.5. The zero-order valence-electron chi connectivity index (χ0n) is 15.3. The Morgan fingerprint density at radius 3 is 2.73 bits per heavy atom. The van der Waals surface area contributed by atoms with Crippen LogP contribution in [0, 0.1) is 5.92 Å². The van der Waals surface area contributed by atoms with E-state index in [0.29, 0.717) is 19.8 Å². The topological polar surface area (TPSA) is 79.0 Å². The van der Waals surface area contributed by atoms with Gasteiger partial charge in [-0.05, 0) is 17.5 Å². The standard InChI is InChI=1S/C18H27N3O4S/c1-20(2)26(23,24)13-16-11-25-12-17(16)19-18(22)10-21-8-7-14-5-3-4-6-15(14)9-21/h3-6,16-17H,7-13H2,1-2H3,(H,19,22)/t16-,17-/m0/s1. The molecule has 2 aliphatic rings. The van der Waals surface area contributed by atoms with Gasteiger partial charge in [0.25, 0.3) is 0 Å². The molecule has 8 heteroatoms. The molecule has 1 fully saturated rings. The molecule has 1 aromatic carbocycles. The van der Waals surface area contributed by atoms with Crippen molar-refractivity contribution in [3.8, 4) is 0 Å². The summed E-state index contributed by atoms with van der Waals surface area (Å²) in [4.78, 5) is 14.6. The molecule has 3 rings (SSSR count). The number of benzene rings is 1. The van der Waals surface area contributed by atoms with Gasteiger partial charge in [-0.25, -0.2) is 12.7 Å². The van der Waals surface area contributed by atoms with Crippen molar-refractivity contribution >= 4 is 15.9 Å². The van der Waals surface area contributed by atoms with Gasteiger partial charge in [-0.15, -0.1) is 0 Å². The highest BCUT2D eigenvalue weighted by molar-refractivity contribution is 7.89. The second-order valence-electron chi connectivity index (χ2n) is 7.26. The molecule has 0 unspecified atom stereocenters. The lowest BCUT2D eigenvalue weighted by Crippen LogP contribution is -2.47. The predicted octanol–water partition coefficient (Wildman–Crippen LogP) is 0.0673. The molecule has 0 bridgehead atoms. The van der Waals surface area contributed by atoms with E-state index in [2.05, 4.69) is 22.3 Å². The second kappa shape index (κ2) is 8.04. The van der Waals surface area contributed by atoms with Gasteiger partial charge in [-0.2, -0.15) is 0 Å². The first-order valence-electron chi connectivity index (χ1n) is 8.91. The summed E-state index contributed by atoms with van der Waals surface area (Å²) in [7, 11) is -0.278. The molecule has 1 N–H and O–H groups in total. The fourth-order valence-corrected chi connectivity index (χ4v) is 4.65. The molecule has 0 aromatic heterocycles. The van der Waals surface area contributed by atoms with Crippen LogP contribution in [0.1, 0.15) is 11.1 Å². The third kappa shape index (κ3) is 4.62. The van der Waals surface area contributed by atoms with Crippen molar-refractivity contribution < 1.29 is 17.9 Å². The Balaban J connectivity index is 1.53. The predicted molar refractivity (Wildman–Crippen MR) is 99.1 cm³/mol. The van der Waals surface area contributed by atoms with E-state index in [-0.39, 0.29) is 23.6 Å². The molecule has 0 radical (unpaired) electrons. The molecule has 0 saturated carbocycles. The summed E-state index contributed by atoms with van der Waals surface area (Å²) in [6.45, 7) is 2.66. The van der Waals surface area contributed by atoms with Gasteiger partial charge in [0.05, 0.1) is 31.6 Å². The maximum Gasteiger partial charge on any atom is 0.234 e. The molecular weight excluding hydrogens is 354 g/mol. The summed E-state index contributed by atoms with van der Waals surface area (Å²) in [5.41, 5.74) is 2.62. The molecule has 7 nitrogen and oxygen atoms in total. The molecule has 1 amide bonds. The Morgan fingerprint density at radius 1 is 1.27 bits per heavy atom. The number of nitrogens with zero attached hydrogens (tertiary/aromatic N) is 2. The van der Waals surface area contributed by atoms with Crippen LogP contribution < -0.4 is 5.32 Å². The van der Waals surface area contributed by atoms with E-state index in [1.807, 2.05) is 12.1 Å². The lowest BCUT2D eigenvalue weighted by Gasteiger charge is -2.29. The molecule has 144 valence electrons. The van der Waals surface area contributed by atoms with Crippen molar-refractivity contribution in [2.45, 2.75) is 19.0 Å². The number of carbonyl (C=O) groups excluding carboxylic acids is 1. The summed E-state index contributed by atoms with van der Waals surface area (Å²) in [5.74, 6) is -0.303. The van der Waals surface area contributed by atoms with E-state index in [0.717, 1.165) is 19.5 Å². The van der Waals surface area contributed by atoms with E-state index in [1.54, 1.807) is 0 Å². The zero-order valence-corrected chi connectivity index (χ0v) is 16.2. The first kappa shape index (κ1) is 19.3. The minimum absolute atomic E-state index is 0.0119. The fourth-order valence-electron chi connectivity index (χ4n) is 3.49. The van der Waals surface area contributed by atoms with E-state index in [4.69, 9.17) is 4.74 Å². The Morgan fingerprint density at radius 2 is 2.00 bits per heavy atom. The lowest BCUT2D eigenvalue weighted by molar-refractivity contribution is -0.123. The SMILES string of the molecule is CN(C)S(=O)(=O)C[C@@H]1COC[C@@H]1NC(=O)CN1CCc2ccccc2C1. The molecule has 1 saturated heterocycles. The zero-order chi connectivity index (χ0) is 18.7.